The van der Waals surface area contributed by atoms with Crippen LogP contribution in [-0.4, -0.2) is 62.5 Å². The van der Waals surface area contributed by atoms with Crippen molar-refractivity contribution in [1.29, 1.82) is 0 Å². The van der Waals surface area contributed by atoms with E-state index in [2.05, 4.69) is 17.6 Å². The van der Waals surface area contributed by atoms with Crippen LogP contribution in [0.2, 0.25) is 0 Å². The highest BCUT2D eigenvalue weighted by atomic mass is 32.2. The first-order chi connectivity index (χ1) is 16.1. The van der Waals surface area contributed by atoms with Gasteiger partial charge in [-0.05, 0) is 50.7 Å². The topological polar surface area (TPSA) is 98.7 Å². The van der Waals surface area contributed by atoms with Gasteiger partial charge in [-0.25, -0.2) is 0 Å². The summed E-state index contributed by atoms with van der Waals surface area (Å²) in [6, 6.07) is 8.05. The number of carbonyl (C=O) groups excluding carboxylic acids is 3. The smallest absolute Gasteiger partial charge is 0.244 e. The Labute approximate surface area is 206 Å². The molecule has 3 aliphatic rings. The predicted octanol–water partition coefficient (Wildman–Crippen LogP) is 2.89. The SMILES string of the molecule is CC(C)C[C@H](CO)N1C(=O)[C@@H]2[C@H](C(=O)Nc3ccccc3)[C@@H]3CC(C)C2(S3)C1C(=O)NC(C)C. The maximum atomic E-state index is 14.1. The number of nitrogens with one attached hydrogen (secondary N) is 2. The van der Waals surface area contributed by atoms with Crippen molar-refractivity contribution < 1.29 is 19.5 Å². The number of rotatable bonds is 8. The van der Waals surface area contributed by atoms with Crippen molar-refractivity contribution in [3.63, 3.8) is 0 Å². The first kappa shape index (κ1) is 25.0. The Hall–Kier alpha value is -2.06. The second kappa shape index (κ2) is 9.53. The zero-order valence-corrected chi connectivity index (χ0v) is 21.5. The maximum Gasteiger partial charge on any atom is 0.244 e. The molecule has 0 radical (unpaired) electrons. The lowest BCUT2D eigenvalue weighted by molar-refractivity contribution is -0.142. The van der Waals surface area contributed by atoms with Gasteiger partial charge in [-0.2, -0.15) is 0 Å². The van der Waals surface area contributed by atoms with Crippen molar-refractivity contribution in [2.24, 2.45) is 23.7 Å². The van der Waals surface area contributed by atoms with E-state index in [0.29, 0.717) is 12.1 Å². The Morgan fingerprint density at radius 1 is 1.18 bits per heavy atom. The van der Waals surface area contributed by atoms with Gasteiger partial charge in [0, 0.05) is 17.0 Å². The fourth-order valence-electron chi connectivity index (χ4n) is 6.38. The third-order valence-electron chi connectivity index (χ3n) is 7.55. The van der Waals surface area contributed by atoms with Gasteiger partial charge in [0.1, 0.15) is 6.04 Å². The minimum atomic E-state index is -0.706. The lowest BCUT2D eigenvalue weighted by Crippen LogP contribution is -2.59. The van der Waals surface area contributed by atoms with Crippen molar-refractivity contribution in [2.75, 3.05) is 11.9 Å². The van der Waals surface area contributed by atoms with E-state index in [1.807, 2.05) is 58.0 Å². The molecule has 7 nitrogen and oxygen atoms in total. The summed E-state index contributed by atoms with van der Waals surface area (Å²) in [5.41, 5.74) is 0.701. The number of amides is 3. The molecular weight excluding hydrogens is 450 g/mol. The molecule has 3 unspecified atom stereocenters. The number of thioether (sulfide) groups is 1. The molecule has 1 spiro atoms. The highest BCUT2D eigenvalue weighted by Crippen LogP contribution is 2.68. The predicted molar refractivity (Wildman–Crippen MR) is 134 cm³/mol. The number of likely N-dealkylation sites (tertiary alicyclic amines) is 1. The van der Waals surface area contributed by atoms with E-state index in [9.17, 15) is 19.5 Å². The summed E-state index contributed by atoms with van der Waals surface area (Å²) >= 11 is 1.66. The van der Waals surface area contributed by atoms with Gasteiger partial charge in [-0.1, -0.05) is 39.0 Å². The van der Waals surface area contributed by atoms with Crippen molar-refractivity contribution >= 4 is 35.2 Å². The Kier molecular flexibility index (Phi) is 7.02. The minimum absolute atomic E-state index is 0.0122. The highest BCUT2D eigenvalue weighted by molar-refractivity contribution is 8.02. The molecule has 186 valence electrons. The van der Waals surface area contributed by atoms with Crippen LogP contribution in [0.15, 0.2) is 30.3 Å². The summed E-state index contributed by atoms with van der Waals surface area (Å²) in [6.07, 6.45) is 1.38. The summed E-state index contributed by atoms with van der Waals surface area (Å²) in [5, 5.41) is 16.3. The zero-order chi connectivity index (χ0) is 24.8. The average molecular weight is 488 g/mol. The molecule has 3 saturated heterocycles. The Bertz CT molecular complexity index is 939. The number of hydrogen-bond acceptors (Lipinski definition) is 5. The number of fused-ring (bicyclic) bond motifs is 1. The molecule has 3 fully saturated rings. The average Bonchev–Trinajstić information content (AvgIpc) is 3.36. The second-order valence-electron chi connectivity index (χ2n) is 10.8. The molecule has 2 bridgehead atoms. The third-order valence-corrected chi connectivity index (χ3v) is 9.63. The first-order valence-electron chi connectivity index (χ1n) is 12.4. The van der Waals surface area contributed by atoms with Gasteiger partial charge in [-0.15, -0.1) is 11.8 Å². The molecular formula is C26H37N3O4S. The number of para-hydroxylation sites is 1. The van der Waals surface area contributed by atoms with E-state index in [4.69, 9.17) is 0 Å². The van der Waals surface area contributed by atoms with Crippen molar-refractivity contribution in [1.82, 2.24) is 10.2 Å². The van der Waals surface area contributed by atoms with Crippen LogP contribution >= 0.6 is 11.8 Å². The molecule has 0 aliphatic carbocycles. The number of aliphatic hydroxyl groups excluding tert-OH is 1. The number of anilines is 1. The molecule has 0 saturated carbocycles. The van der Waals surface area contributed by atoms with Crippen molar-refractivity contribution in [2.45, 2.75) is 75.6 Å². The van der Waals surface area contributed by atoms with Crippen molar-refractivity contribution in [3.05, 3.63) is 30.3 Å². The number of nitrogens with zero attached hydrogens (tertiary/aromatic N) is 1. The lowest BCUT2D eigenvalue weighted by Gasteiger charge is -2.40. The van der Waals surface area contributed by atoms with Crippen LogP contribution < -0.4 is 10.6 Å². The zero-order valence-electron chi connectivity index (χ0n) is 20.7. The molecule has 3 amide bonds. The molecule has 0 aromatic heterocycles. The first-order valence-corrected chi connectivity index (χ1v) is 13.3. The van der Waals surface area contributed by atoms with Crippen molar-refractivity contribution in [3.8, 4) is 0 Å². The fraction of sp³-hybridized carbons (Fsp3) is 0.654. The summed E-state index contributed by atoms with van der Waals surface area (Å²) in [5.74, 6) is -1.26. The molecule has 34 heavy (non-hydrogen) atoms. The van der Waals surface area contributed by atoms with Crippen LogP contribution in [0.4, 0.5) is 5.69 Å². The molecule has 3 N–H and O–H groups in total. The third kappa shape index (κ3) is 4.02. The van der Waals surface area contributed by atoms with Crippen LogP contribution in [0.1, 0.15) is 47.5 Å². The molecule has 4 rings (SSSR count). The van der Waals surface area contributed by atoms with Crippen LogP contribution in [0, 0.1) is 23.7 Å². The summed E-state index contributed by atoms with van der Waals surface area (Å²) in [7, 11) is 0. The van der Waals surface area contributed by atoms with E-state index in [-0.39, 0.29) is 47.5 Å². The molecule has 1 aromatic rings. The van der Waals surface area contributed by atoms with Crippen LogP contribution in [0.25, 0.3) is 0 Å². The van der Waals surface area contributed by atoms with E-state index in [1.54, 1.807) is 16.7 Å². The summed E-state index contributed by atoms with van der Waals surface area (Å²) < 4.78 is -0.677. The van der Waals surface area contributed by atoms with E-state index < -0.39 is 28.7 Å². The van der Waals surface area contributed by atoms with Crippen LogP contribution in [0.3, 0.4) is 0 Å². The van der Waals surface area contributed by atoms with Crippen LogP contribution in [0.5, 0.6) is 0 Å². The second-order valence-corrected chi connectivity index (χ2v) is 12.3. The number of hydrogen-bond donors (Lipinski definition) is 3. The summed E-state index contributed by atoms with van der Waals surface area (Å²) in [6.45, 7) is 9.81. The quantitative estimate of drug-likeness (QED) is 0.524. The standard InChI is InChI=1S/C26H37N3O4S/c1-14(2)11-18(13-30)29-22(24(32)27-15(3)4)26-16(5)12-19(34-26)20(21(26)25(29)33)23(31)28-17-9-7-6-8-10-17/h6-10,14-16,18-22,30H,11-13H2,1-5H3,(H,27,32)(H,28,31)/t16?,18-,19+,20-,21+,22?,26?/m1/s1. The fourth-order valence-corrected chi connectivity index (χ4v) is 8.79. The molecule has 3 heterocycles. The maximum absolute atomic E-state index is 14.1. The van der Waals surface area contributed by atoms with Gasteiger partial charge in [0.25, 0.3) is 0 Å². The molecule has 1 aromatic carbocycles. The molecule has 8 heteroatoms. The van der Waals surface area contributed by atoms with Gasteiger partial charge >= 0.3 is 0 Å². The Morgan fingerprint density at radius 3 is 2.44 bits per heavy atom. The Balaban J connectivity index is 1.75. The Morgan fingerprint density at radius 2 is 1.85 bits per heavy atom. The van der Waals surface area contributed by atoms with E-state index in [1.165, 1.54) is 0 Å². The van der Waals surface area contributed by atoms with Gasteiger partial charge in [0.05, 0.1) is 29.2 Å². The normalized spacial score (nSPS) is 32.9. The number of carbonyl (C=O) groups is 3. The van der Waals surface area contributed by atoms with E-state index >= 15 is 0 Å². The van der Waals surface area contributed by atoms with Gasteiger partial charge in [-0.3, -0.25) is 14.4 Å². The van der Waals surface area contributed by atoms with Crippen LogP contribution in [-0.2, 0) is 14.4 Å². The van der Waals surface area contributed by atoms with Gasteiger partial charge < -0.3 is 20.6 Å². The molecule has 7 atom stereocenters. The number of benzene rings is 1. The van der Waals surface area contributed by atoms with Gasteiger partial charge in [0.15, 0.2) is 0 Å². The van der Waals surface area contributed by atoms with Gasteiger partial charge in [0.2, 0.25) is 17.7 Å². The number of aliphatic hydroxyl groups is 1. The molecule has 3 aliphatic heterocycles. The summed E-state index contributed by atoms with van der Waals surface area (Å²) in [4.78, 5) is 42.9. The largest absolute Gasteiger partial charge is 0.394 e. The highest BCUT2D eigenvalue weighted by Gasteiger charge is 2.76. The van der Waals surface area contributed by atoms with E-state index in [0.717, 1.165) is 6.42 Å². The lowest BCUT2D eigenvalue weighted by atomic mass is 9.65. The monoisotopic (exact) mass is 487 g/mol. The minimum Gasteiger partial charge on any atom is -0.394 e.